The number of rotatable bonds is 4. The highest BCUT2D eigenvalue weighted by molar-refractivity contribution is 5.91. The van der Waals surface area contributed by atoms with Crippen LogP contribution in [-0.2, 0) is 9.57 Å². The van der Waals surface area contributed by atoms with Crippen molar-refractivity contribution in [1.29, 1.82) is 0 Å². The molecule has 4 N–H and O–H groups in total. The van der Waals surface area contributed by atoms with Gasteiger partial charge in [-0.05, 0) is 23.4 Å². The van der Waals surface area contributed by atoms with Gasteiger partial charge in [-0.15, -0.1) is 0 Å². The fourth-order valence-electron chi connectivity index (χ4n) is 1.44. The van der Waals surface area contributed by atoms with Gasteiger partial charge in [-0.25, -0.2) is 4.79 Å². The van der Waals surface area contributed by atoms with E-state index >= 15 is 0 Å². The first-order chi connectivity index (χ1) is 8.70. The van der Waals surface area contributed by atoms with Gasteiger partial charge in [0.25, 0.3) is 0 Å². The minimum Gasteiger partial charge on any atom is -0.465 e. The van der Waals surface area contributed by atoms with E-state index in [1.54, 1.807) is 24.4 Å². The molecule has 0 aliphatic carbocycles. The normalized spacial score (nSPS) is 13.8. The highest BCUT2D eigenvalue weighted by Crippen LogP contribution is 2.20. The monoisotopic (exact) mass is 250 g/mol. The largest absolute Gasteiger partial charge is 0.465 e. The first kappa shape index (κ1) is 12.1. The van der Waals surface area contributed by atoms with Crippen LogP contribution < -0.4 is 16.5 Å². The number of nitrogen functional groups attached to an aromatic ring is 1. The Morgan fingerprint density at radius 2 is 2.44 bits per heavy atom. The van der Waals surface area contributed by atoms with Crippen LogP contribution in [0.5, 0.6) is 0 Å². The van der Waals surface area contributed by atoms with Gasteiger partial charge >= 0.3 is 5.97 Å². The summed E-state index contributed by atoms with van der Waals surface area (Å²) in [6, 6.07) is 4.88. The van der Waals surface area contributed by atoms with E-state index < -0.39 is 5.97 Å². The van der Waals surface area contributed by atoms with Crippen LogP contribution in [-0.4, -0.2) is 24.9 Å². The summed E-state index contributed by atoms with van der Waals surface area (Å²) in [4.78, 5) is 16.4. The van der Waals surface area contributed by atoms with Crippen LogP contribution in [0.3, 0.4) is 0 Å². The van der Waals surface area contributed by atoms with Crippen molar-refractivity contribution in [2.75, 3.05) is 24.8 Å². The molecule has 0 radical (unpaired) electrons. The van der Waals surface area contributed by atoms with Gasteiger partial charge in [0, 0.05) is 0 Å². The fraction of sp³-hybridized carbons (Fsp3) is 0.182. The average Bonchev–Trinajstić information content (AvgIpc) is 2.90. The summed E-state index contributed by atoms with van der Waals surface area (Å²) in [5.41, 5.74) is 10.2. The number of nitrogens with zero attached hydrogens (tertiary/aromatic N) is 1. The highest BCUT2D eigenvalue weighted by atomic mass is 16.7. The number of hydroxylamine groups is 1. The summed E-state index contributed by atoms with van der Waals surface area (Å²) < 4.78 is 4.64. The highest BCUT2D eigenvalue weighted by Gasteiger charge is 2.10. The topological polar surface area (TPSA) is 88.8 Å². The second-order valence-electron chi connectivity index (χ2n) is 3.54. The third-order valence-electron chi connectivity index (χ3n) is 2.36. The van der Waals surface area contributed by atoms with Gasteiger partial charge < -0.3 is 20.6 Å². The lowest BCUT2D eigenvalue weighted by Crippen LogP contribution is -2.33. The molecule has 96 valence electrons. The van der Waals surface area contributed by atoms with Crippen LogP contribution in [0.1, 0.15) is 10.4 Å². The van der Waals surface area contributed by atoms with E-state index in [1.807, 2.05) is 0 Å². The van der Waals surface area contributed by atoms with Crippen molar-refractivity contribution in [2.45, 2.75) is 0 Å². The number of methoxy groups -OCH3 is 1. The molecule has 0 aromatic heterocycles. The quantitative estimate of drug-likeness (QED) is 0.534. The number of anilines is 2. The van der Waals surface area contributed by atoms with E-state index in [9.17, 15) is 4.79 Å². The van der Waals surface area contributed by atoms with Crippen molar-refractivity contribution in [3.8, 4) is 0 Å². The van der Waals surface area contributed by atoms with E-state index in [1.165, 1.54) is 18.5 Å². The van der Waals surface area contributed by atoms with Gasteiger partial charge in [0.15, 0.2) is 0 Å². The molecule has 1 aromatic rings. The molecular weight excluding hydrogens is 236 g/mol. The number of benzene rings is 1. The zero-order chi connectivity index (χ0) is 13.0. The molecule has 0 amide bonds. The summed E-state index contributed by atoms with van der Waals surface area (Å²) in [6.07, 6.45) is 3.16. The average molecular weight is 250 g/mol. The maximum absolute atomic E-state index is 11.4. The Hall–Kier alpha value is -2.41. The van der Waals surface area contributed by atoms with Gasteiger partial charge in [-0.1, -0.05) is 0 Å². The molecule has 0 saturated carbocycles. The molecular formula is C11H14N4O3. The van der Waals surface area contributed by atoms with E-state index in [2.05, 4.69) is 15.5 Å². The van der Waals surface area contributed by atoms with Gasteiger partial charge in [0.2, 0.25) is 0 Å². The molecule has 0 spiro atoms. The first-order valence-electron chi connectivity index (χ1n) is 5.28. The minimum atomic E-state index is -0.407. The number of nitrogens with one attached hydrogen (secondary N) is 2. The van der Waals surface area contributed by atoms with Crippen molar-refractivity contribution in [3.63, 3.8) is 0 Å². The van der Waals surface area contributed by atoms with Crippen LogP contribution >= 0.6 is 0 Å². The number of esters is 1. The molecule has 2 rings (SSSR count). The van der Waals surface area contributed by atoms with Crippen molar-refractivity contribution < 1.29 is 14.4 Å². The summed E-state index contributed by atoms with van der Waals surface area (Å²) in [5, 5.41) is 4.50. The third kappa shape index (κ3) is 2.64. The predicted octanol–water partition coefficient (Wildman–Crippen LogP) is 0.648. The standard InChI is InChI=1S/C11H14N4O3/c1-17-11(16)8-2-3-9(12)10(6-8)13-7-15-14-4-5-18-15/h2-6,13-14H,7,12H2,1H3. The summed E-state index contributed by atoms with van der Waals surface area (Å²) in [7, 11) is 1.33. The molecule has 0 saturated heterocycles. The van der Waals surface area contributed by atoms with Crippen molar-refractivity contribution in [1.82, 2.24) is 10.6 Å². The molecule has 0 fully saturated rings. The smallest absolute Gasteiger partial charge is 0.337 e. The van der Waals surface area contributed by atoms with Crippen LogP contribution in [0.15, 0.2) is 30.7 Å². The summed E-state index contributed by atoms with van der Waals surface area (Å²) in [6.45, 7) is 0.363. The molecule has 7 nitrogen and oxygen atoms in total. The van der Waals surface area contributed by atoms with E-state index in [0.29, 0.717) is 23.6 Å². The minimum absolute atomic E-state index is 0.363. The number of ether oxygens (including phenoxy) is 1. The van der Waals surface area contributed by atoms with E-state index in [0.717, 1.165) is 0 Å². The fourth-order valence-corrected chi connectivity index (χ4v) is 1.44. The molecule has 7 heteroatoms. The Kier molecular flexibility index (Phi) is 3.54. The van der Waals surface area contributed by atoms with Gasteiger partial charge in [-0.2, -0.15) is 0 Å². The summed E-state index contributed by atoms with van der Waals surface area (Å²) in [5.74, 6) is -0.407. The zero-order valence-electron chi connectivity index (χ0n) is 9.84. The molecule has 1 aromatic carbocycles. The maximum Gasteiger partial charge on any atom is 0.337 e. The van der Waals surface area contributed by atoms with Gasteiger partial charge in [0.1, 0.15) is 12.9 Å². The molecule has 0 atom stereocenters. The Labute approximate surface area is 104 Å². The van der Waals surface area contributed by atoms with Crippen LogP contribution in [0, 0.1) is 0 Å². The number of carbonyl (C=O) groups excluding carboxylic acids is 1. The molecule has 1 aliphatic rings. The predicted molar refractivity (Wildman–Crippen MR) is 65.9 cm³/mol. The SMILES string of the molecule is COC(=O)c1ccc(N)c(NCN2NC=CO2)c1. The van der Waals surface area contributed by atoms with Gasteiger partial charge in [0.05, 0.1) is 30.2 Å². The van der Waals surface area contributed by atoms with Crippen LogP contribution in [0.25, 0.3) is 0 Å². The van der Waals surface area contributed by atoms with Crippen LogP contribution in [0.4, 0.5) is 11.4 Å². The lowest BCUT2D eigenvalue weighted by atomic mass is 10.2. The molecule has 18 heavy (non-hydrogen) atoms. The van der Waals surface area contributed by atoms with Crippen molar-refractivity contribution in [3.05, 3.63) is 36.2 Å². The number of carbonyl (C=O) groups is 1. The maximum atomic E-state index is 11.4. The zero-order valence-corrected chi connectivity index (χ0v) is 9.84. The Morgan fingerprint density at radius 3 is 3.11 bits per heavy atom. The summed E-state index contributed by atoms with van der Waals surface area (Å²) >= 11 is 0. The number of nitrogens with two attached hydrogens (primary N) is 1. The van der Waals surface area contributed by atoms with E-state index in [4.69, 9.17) is 10.6 Å². The Bertz CT molecular complexity index is 467. The molecule has 0 unspecified atom stereocenters. The second-order valence-corrected chi connectivity index (χ2v) is 3.54. The van der Waals surface area contributed by atoms with Crippen LogP contribution in [0.2, 0.25) is 0 Å². The lowest BCUT2D eigenvalue weighted by Gasteiger charge is -2.17. The van der Waals surface area contributed by atoms with E-state index in [-0.39, 0.29) is 0 Å². The first-order valence-corrected chi connectivity index (χ1v) is 5.28. The number of hydrogen-bond donors (Lipinski definition) is 3. The molecule has 1 aliphatic heterocycles. The molecule has 0 bridgehead atoms. The van der Waals surface area contributed by atoms with Crippen molar-refractivity contribution in [2.24, 2.45) is 0 Å². The lowest BCUT2D eigenvalue weighted by molar-refractivity contribution is -0.106. The Balaban J connectivity index is 2.03. The Morgan fingerprint density at radius 1 is 1.61 bits per heavy atom. The number of hydrazine groups is 1. The van der Waals surface area contributed by atoms with Gasteiger partial charge in [-0.3, -0.25) is 5.43 Å². The third-order valence-corrected chi connectivity index (χ3v) is 2.36. The second kappa shape index (κ2) is 5.28. The molecule has 1 heterocycles. The van der Waals surface area contributed by atoms with Crippen molar-refractivity contribution >= 4 is 17.3 Å². The number of hydrogen-bond acceptors (Lipinski definition) is 7.